The number of rotatable bonds is 3. The van der Waals surface area contributed by atoms with Crippen molar-refractivity contribution in [2.45, 2.75) is 25.3 Å². The summed E-state index contributed by atoms with van der Waals surface area (Å²) in [5, 5.41) is 10.2. The molecule has 0 aliphatic heterocycles. The van der Waals surface area contributed by atoms with Crippen LogP contribution in [0.2, 0.25) is 0 Å². The highest BCUT2D eigenvalue weighted by Gasteiger charge is 2.22. The van der Waals surface area contributed by atoms with Crippen molar-refractivity contribution in [1.82, 2.24) is 15.0 Å². The standard InChI is InChI=1S/C17H18N4O/c18-14-3-1-11-12(14)2-4-15-13(11)7-16(21-15)17-9-19-10(5-6-22)8-20-17/h2,4,7-9,14,21-22H,1,3,5-6,18H2/t14-/m1/s1. The highest BCUT2D eigenvalue weighted by atomic mass is 16.3. The van der Waals surface area contributed by atoms with E-state index in [-0.39, 0.29) is 12.6 Å². The van der Waals surface area contributed by atoms with E-state index in [1.54, 1.807) is 12.4 Å². The number of H-pyrrole nitrogens is 1. The Morgan fingerprint density at radius 3 is 2.95 bits per heavy atom. The molecule has 1 aliphatic rings. The first kappa shape index (κ1) is 13.4. The van der Waals surface area contributed by atoms with E-state index < -0.39 is 0 Å². The van der Waals surface area contributed by atoms with E-state index in [9.17, 15) is 0 Å². The fourth-order valence-electron chi connectivity index (χ4n) is 3.24. The molecule has 0 fully saturated rings. The van der Waals surface area contributed by atoms with Crippen LogP contribution in [-0.2, 0) is 12.8 Å². The SMILES string of the molecule is N[C@@H]1CCc2c1ccc1[nH]c(-c3cnc(CCO)cn3)cc21. The van der Waals surface area contributed by atoms with Crippen LogP contribution in [0.15, 0.2) is 30.6 Å². The number of hydrogen-bond donors (Lipinski definition) is 3. The van der Waals surface area contributed by atoms with Crippen molar-refractivity contribution in [3.8, 4) is 11.4 Å². The van der Waals surface area contributed by atoms with Crippen LogP contribution in [0.1, 0.15) is 29.3 Å². The van der Waals surface area contributed by atoms with Gasteiger partial charge in [-0.25, -0.2) is 0 Å². The molecule has 0 radical (unpaired) electrons. The molecule has 0 spiro atoms. The zero-order valence-electron chi connectivity index (χ0n) is 12.2. The van der Waals surface area contributed by atoms with Gasteiger partial charge in [-0.05, 0) is 36.1 Å². The average Bonchev–Trinajstić information content (AvgIpc) is 3.12. The summed E-state index contributed by atoms with van der Waals surface area (Å²) >= 11 is 0. The lowest BCUT2D eigenvalue weighted by Crippen LogP contribution is -2.04. The number of aromatic nitrogens is 3. The van der Waals surface area contributed by atoms with Crippen LogP contribution in [0.5, 0.6) is 0 Å². The quantitative estimate of drug-likeness (QED) is 0.690. The van der Waals surface area contributed by atoms with Crippen molar-refractivity contribution in [2.75, 3.05) is 6.61 Å². The molecule has 3 aromatic rings. The first-order valence-electron chi connectivity index (χ1n) is 7.58. The predicted octanol–water partition coefficient (Wildman–Crippen LogP) is 2.11. The molecule has 0 saturated carbocycles. The van der Waals surface area contributed by atoms with Gasteiger partial charge < -0.3 is 15.8 Å². The molecule has 2 heterocycles. The van der Waals surface area contributed by atoms with Gasteiger partial charge in [0.1, 0.15) is 5.69 Å². The third-order valence-corrected chi connectivity index (χ3v) is 4.41. The summed E-state index contributed by atoms with van der Waals surface area (Å²) in [6, 6.07) is 6.53. The van der Waals surface area contributed by atoms with Crippen molar-refractivity contribution < 1.29 is 5.11 Å². The normalized spacial score (nSPS) is 17.1. The Morgan fingerprint density at radius 2 is 2.18 bits per heavy atom. The van der Waals surface area contributed by atoms with Gasteiger partial charge in [-0.15, -0.1) is 0 Å². The maximum Gasteiger partial charge on any atom is 0.105 e. The Morgan fingerprint density at radius 1 is 1.27 bits per heavy atom. The largest absolute Gasteiger partial charge is 0.396 e. The third kappa shape index (κ3) is 2.10. The van der Waals surface area contributed by atoms with Gasteiger partial charge in [0.25, 0.3) is 0 Å². The summed E-state index contributed by atoms with van der Waals surface area (Å²) in [5.74, 6) is 0. The Labute approximate surface area is 128 Å². The van der Waals surface area contributed by atoms with E-state index in [0.29, 0.717) is 6.42 Å². The second-order valence-corrected chi connectivity index (χ2v) is 5.79. The summed E-state index contributed by atoms with van der Waals surface area (Å²) in [7, 11) is 0. The zero-order chi connectivity index (χ0) is 15.1. The van der Waals surface area contributed by atoms with Crippen LogP contribution in [0.3, 0.4) is 0 Å². The van der Waals surface area contributed by atoms with Crippen molar-refractivity contribution in [1.29, 1.82) is 0 Å². The minimum absolute atomic E-state index is 0.0901. The minimum atomic E-state index is 0.0901. The average molecular weight is 294 g/mol. The molecule has 5 heteroatoms. The molecule has 4 rings (SSSR count). The molecule has 1 atom stereocenters. The topological polar surface area (TPSA) is 87.8 Å². The van der Waals surface area contributed by atoms with Crippen molar-refractivity contribution in [3.05, 3.63) is 47.4 Å². The molecule has 5 nitrogen and oxygen atoms in total. The van der Waals surface area contributed by atoms with Gasteiger partial charge in [-0.1, -0.05) is 6.07 Å². The van der Waals surface area contributed by atoms with E-state index in [2.05, 4.69) is 33.2 Å². The second kappa shape index (κ2) is 5.19. The van der Waals surface area contributed by atoms with Crippen molar-refractivity contribution >= 4 is 10.9 Å². The van der Waals surface area contributed by atoms with Crippen LogP contribution < -0.4 is 5.73 Å². The lowest BCUT2D eigenvalue weighted by atomic mass is 10.0. The first-order chi connectivity index (χ1) is 10.8. The molecule has 0 bridgehead atoms. The summed E-state index contributed by atoms with van der Waals surface area (Å²) in [6.07, 6.45) is 6.06. The monoisotopic (exact) mass is 294 g/mol. The highest BCUT2D eigenvalue weighted by molar-refractivity contribution is 5.89. The van der Waals surface area contributed by atoms with Gasteiger partial charge in [0.2, 0.25) is 0 Å². The molecule has 0 amide bonds. The number of hydrogen-bond acceptors (Lipinski definition) is 4. The van der Waals surface area contributed by atoms with Crippen LogP contribution in [0, 0.1) is 0 Å². The maximum absolute atomic E-state index is 8.93. The van der Waals surface area contributed by atoms with Gasteiger partial charge in [-0.2, -0.15) is 0 Å². The fraction of sp³-hybridized carbons (Fsp3) is 0.294. The molecule has 4 N–H and O–H groups in total. The van der Waals surface area contributed by atoms with E-state index >= 15 is 0 Å². The van der Waals surface area contributed by atoms with Gasteiger partial charge in [0.05, 0.1) is 17.6 Å². The van der Waals surface area contributed by atoms with Gasteiger partial charge in [0.15, 0.2) is 0 Å². The first-order valence-corrected chi connectivity index (χ1v) is 7.58. The number of aliphatic hydroxyl groups is 1. The number of aliphatic hydroxyl groups excluding tert-OH is 1. The number of nitrogens with two attached hydrogens (primary N) is 1. The van der Waals surface area contributed by atoms with E-state index in [1.165, 1.54) is 16.5 Å². The number of benzene rings is 1. The predicted molar refractivity (Wildman–Crippen MR) is 85.4 cm³/mol. The molecule has 112 valence electrons. The molecule has 1 aromatic carbocycles. The third-order valence-electron chi connectivity index (χ3n) is 4.41. The fourth-order valence-corrected chi connectivity index (χ4v) is 3.24. The Balaban J connectivity index is 1.77. The molecule has 22 heavy (non-hydrogen) atoms. The minimum Gasteiger partial charge on any atom is -0.396 e. The lowest BCUT2D eigenvalue weighted by Gasteiger charge is -2.04. The van der Waals surface area contributed by atoms with Gasteiger partial charge >= 0.3 is 0 Å². The summed E-state index contributed by atoms with van der Waals surface area (Å²) < 4.78 is 0. The molecule has 0 saturated heterocycles. The summed E-state index contributed by atoms with van der Waals surface area (Å²) in [4.78, 5) is 12.2. The lowest BCUT2D eigenvalue weighted by molar-refractivity contribution is 0.298. The number of fused-ring (bicyclic) bond motifs is 3. The Hall–Kier alpha value is -2.24. The number of nitrogens with zero attached hydrogens (tertiary/aromatic N) is 2. The Kier molecular flexibility index (Phi) is 3.17. The molecular weight excluding hydrogens is 276 g/mol. The zero-order valence-corrected chi connectivity index (χ0v) is 12.2. The van der Waals surface area contributed by atoms with E-state index in [4.69, 9.17) is 10.8 Å². The molecular formula is C17H18N4O. The van der Waals surface area contributed by atoms with Crippen LogP contribution >= 0.6 is 0 Å². The number of aryl methyl sites for hydroxylation is 1. The molecule has 2 aromatic heterocycles. The van der Waals surface area contributed by atoms with E-state index in [1.807, 2.05) is 0 Å². The molecule has 1 aliphatic carbocycles. The van der Waals surface area contributed by atoms with Crippen LogP contribution in [-0.4, -0.2) is 26.7 Å². The number of aromatic amines is 1. The van der Waals surface area contributed by atoms with Gasteiger partial charge in [0, 0.05) is 36.2 Å². The van der Waals surface area contributed by atoms with Crippen molar-refractivity contribution in [2.24, 2.45) is 5.73 Å². The molecule has 0 unspecified atom stereocenters. The van der Waals surface area contributed by atoms with Crippen LogP contribution in [0.4, 0.5) is 0 Å². The second-order valence-electron chi connectivity index (χ2n) is 5.79. The smallest absolute Gasteiger partial charge is 0.105 e. The van der Waals surface area contributed by atoms with Crippen molar-refractivity contribution in [3.63, 3.8) is 0 Å². The van der Waals surface area contributed by atoms with E-state index in [0.717, 1.165) is 35.4 Å². The Bertz CT molecular complexity index is 823. The summed E-state index contributed by atoms with van der Waals surface area (Å²) in [5.41, 5.74) is 12.5. The van der Waals surface area contributed by atoms with Crippen LogP contribution in [0.25, 0.3) is 22.3 Å². The number of nitrogens with one attached hydrogen (secondary N) is 1. The maximum atomic E-state index is 8.93. The summed E-state index contributed by atoms with van der Waals surface area (Å²) in [6.45, 7) is 0.0901. The van der Waals surface area contributed by atoms with Gasteiger partial charge in [-0.3, -0.25) is 9.97 Å². The highest BCUT2D eigenvalue weighted by Crippen LogP contribution is 2.36.